The lowest BCUT2D eigenvalue weighted by molar-refractivity contribution is 0.233. The summed E-state index contributed by atoms with van der Waals surface area (Å²) in [6.07, 6.45) is 3.86. The van der Waals surface area contributed by atoms with Crippen molar-refractivity contribution >= 4 is 17.3 Å². The third-order valence-electron chi connectivity index (χ3n) is 2.94. The smallest absolute Gasteiger partial charge is 0.218 e. The molecule has 0 spiro atoms. The molecule has 0 aromatic heterocycles. The van der Waals surface area contributed by atoms with Crippen LogP contribution in [0.3, 0.4) is 0 Å². The second-order valence-electron chi connectivity index (χ2n) is 4.17. The maximum Gasteiger partial charge on any atom is 0.218 e. The Labute approximate surface area is 101 Å². The lowest BCUT2D eigenvalue weighted by atomic mass is 10.1. The number of benzene rings is 1. The van der Waals surface area contributed by atoms with Crippen LogP contribution < -0.4 is 16.1 Å². The monoisotopic (exact) mass is 234 g/mol. The molecule has 0 aliphatic carbocycles. The summed E-state index contributed by atoms with van der Waals surface area (Å²) < 4.78 is 0. The van der Waals surface area contributed by atoms with Gasteiger partial charge in [-0.05, 0) is 43.5 Å². The minimum atomic E-state index is -0.00396. The Morgan fingerprint density at radius 1 is 1.18 bits per heavy atom. The van der Waals surface area contributed by atoms with Gasteiger partial charge in [-0.1, -0.05) is 0 Å². The van der Waals surface area contributed by atoms with E-state index in [0.717, 1.165) is 18.8 Å². The van der Waals surface area contributed by atoms with Crippen LogP contribution in [0.2, 0.25) is 0 Å². The highest BCUT2D eigenvalue weighted by molar-refractivity contribution is 5.79. The minimum absolute atomic E-state index is 0.00396. The molecule has 1 saturated heterocycles. The van der Waals surface area contributed by atoms with Crippen molar-refractivity contribution in [3.8, 4) is 0 Å². The minimum Gasteiger partial charge on any atom is -0.372 e. The molecule has 1 fully saturated rings. The van der Waals surface area contributed by atoms with Gasteiger partial charge >= 0.3 is 0 Å². The lowest BCUT2D eigenvalue weighted by Crippen LogP contribution is -2.29. The summed E-state index contributed by atoms with van der Waals surface area (Å²) in [6.45, 7) is 2.26. The third-order valence-corrected chi connectivity index (χ3v) is 2.94. The van der Waals surface area contributed by atoms with E-state index in [9.17, 15) is 0 Å². The molecule has 1 aliphatic heterocycles. The number of hydrogen-bond acceptors (Lipinski definition) is 3. The van der Waals surface area contributed by atoms with Gasteiger partial charge in [0.2, 0.25) is 5.96 Å². The number of anilines is 1. The summed E-state index contributed by atoms with van der Waals surface area (Å²) in [4.78, 5) is 6.36. The average molecular weight is 234 g/mol. The van der Waals surface area contributed by atoms with Crippen LogP contribution in [0.1, 0.15) is 19.3 Å². The van der Waals surface area contributed by atoms with Gasteiger partial charge in [-0.25, -0.2) is 10.5 Å². The molecule has 1 aromatic rings. The van der Waals surface area contributed by atoms with Crippen LogP contribution in [-0.2, 0) is 0 Å². The summed E-state index contributed by atoms with van der Waals surface area (Å²) in [7, 11) is 0. The molecule has 92 valence electrons. The van der Waals surface area contributed by atoms with E-state index >= 15 is 0 Å². The zero-order valence-corrected chi connectivity index (χ0v) is 9.76. The van der Waals surface area contributed by atoms with Gasteiger partial charge in [-0.15, -0.1) is 0 Å². The van der Waals surface area contributed by atoms with E-state index < -0.39 is 0 Å². The van der Waals surface area contributed by atoms with Crippen LogP contribution in [-0.4, -0.2) is 24.3 Å². The molecule has 0 unspecified atom stereocenters. The van der Waals surface area contributed by atoms with Crippen molar-refractivity contribution in [1.29, 1.82) is 0 Å². The number of hydroxylamine groups is 1. The topological polar surface area (TPSA) is 73.9 Å². The van der Waals surface area contributed by atoms with Crippen LogP contribution >= 0.6 is 0 Å². The summed E-state index contributed by atoms with van der Waals surface area (Å²) >= 11 is 0. The molecule has 0 atom stereocenters. The van der Waals surface area contributed by atoms with Gasteiger partial charge in [0.25, 0.3) is 0 Å². The van der Waals surface area contributed by atoms with E-state index in [2.05, 4.69) is 9.89 Å². The molecule has 0 bridgehead atoms. The van der Waals surface area contributed by atoms with Crippen molar-refractivity contribution in [2.45, 2.75) is 19.3 Å². The fourth-order valence-electron chi connectivity index (χ4n) is 2.05. The Kier molecular flexibility index (Phi) is 3.82. The number of aliphatic imine (C=N–C) groups is 1. The average Bonchev–Trinajstić information content (AvgIpc) is 2.40. The Morgan fingerprint density at radius 3 is 2.41 bits per heavy atom. The predicted molar refractivity (Wildman–Crippen MR) is 68.7 cm³/mol. The van der Waals surface area contributed by atoms with E-state index in [-0.39, 0.29) is 5.96 Å². The highest BCUT2D eigenvalue weighted by atomic mass is 16.5. The lowest BCUT2D eigenvalue weighted by Gasteiger charge is -2.28. The highest BCUT2D eigenvalue weighted by Gasteiger charge is 2.10. The summed E-state index contributed by atoms with van der Waals surface area (Å²) in [5, 5.41) is 8.54. The first kappa shape index (κ1) is 11.7. The van der Waals surface area contributed by atoms with Crippen molar-refractivity contribution in [2.75, 3.05) is 18.0 Å². The van der Waals surface area contributed by atoms with Crippen molar-refractivity contribution in [1.82, 2.24) is 5.48 Å². The van der Waals surface area contributed by atoms with Crippen molar-refractivity contribution < 1.29 is 5.21 Å². The van der Waals surface area contributed by atoms with E-state index in [1.807, 2.05) is 29.7 Å². The van der Waals surface area contributed by atoms with Gasteiger partial charge in [-0.2, -0.15) is 0 Å². The van der Waals surface area contributed by atoms with Crippen LogP contribution in [0, 0.1) is 0 Å². The molecule has 5 nitrogen and oxygen atoms in total. The first-order valence-corrected chi connectivity index (χ1v) is 5.89. The van der Waals surface area contributed by atoms with E-state index in [4.69, 9.17) is 10.9 Å². The zero-order chi connectivity index (χ0) is 12.1. The molecule has 0 saturated carbocycles. The van der Waals surface area contributed by atoms with Gasteiger partial charge in [-0.3, -0.25) is 5.21 Å². The first-order valence-electron chi connectivity index (χ1n) is 5.89. The molecule has 5 heteroatoms. The van der Waals surface area contributed by atoms with Crippen LogP contribution in [0.5, 0.6) is 0 Å². The van der Waals surface area contributed by atoms with Gasteiger partial charge in [0.05, 0.1) is 5.69 Å². The predicted octanol–water partition coefficient (Wildman–Crippen LogP) is 1.60. The molecule has 0 amide bonds. The quantitative estimate of drug-likeness (QED) is 0.413. The Balaban J connectivity index is 2.07. The number of hydrogen-bond donors (Lipinski definition) is 3. The number of nitrogens with two attached hydrogens (primary N) is 1. The number of guanidine groups is 1. The fourth-order valence-corrected chi connectivity index (χ4v) is 2.05. The van der Waals surface area contributed by atoms with Crippen molar-refractivity contribution in [3.63, 3.8) is 0 Å². The molecule has 0 radical (unpaired) electrons. The second kappa shape index (κ2) is 5.54. The molecule has 1 heterocycles. The van der Waals surface area contributed by atoms with Crippen LogP contribution in [0.25, 0.3) is 0 Å². The molecule has 4 N–H and O–H groups in total. The largest absolute Gasteiger partial charge is 0.372 e. The fraction of sp³-hybridized carbons (Fsp3) is 0.417. The zero-order valence-electron chi connectivity index (χ0n) is 9.76. The summed E-state index contributed by atoms with van der Waals surface area (Å²) in [5.41, 5.74) is 9.12. The first-order chi connectivity index (χ1) is 8.29. The molecule has 1 aromatic carbocycles. The molecular weight excluding hydrogens is 216 g/mol. The number of nitrogens with zero attached hydrogens (tertiary/aromatic N) is 2. The van der Waals surface area contributed by atoms with Gasteiger partial charge in [0.15, 0.2) is 0 Å². The Morgan fingerprint density at radius 2 is 1.82 bits per heavy atom. The molecular formula is C12H18N4O. The Bertz CT molecular complexity index is 382. The molecule has 17 heavy (non-hydrogen) atoms. The number of nitrogens with one attached hydrogen (secondary N) is 1. The van der Waals surface area contributed by atoms with E-state index in [1.54, 1.807) is 0 Å². The normalized spacial score (nSPS) is 17.0. The standard InChI is InChI=1S/C12H18N4O/c13-12(15-17)14-10-4-6-11(7-5-10)16-8-2-1-3-9-16/h4-7,17H,1-3,8-9H2,(H3,13,14,15). The maximum atomic E-state index is 8.54. The van der Waals surface area contributed by atoms with Gasteiger partial charge in [0, 0.05) is 18.8 Å². The van der Waals surface area contributed by atoms with Crippen LogP contribution in [0.4, 0.5) is 11.4 Å². The number of piperidine rings is 1. The van der Waals surface area contributed by atoms with E-state index in [1.165, 1.54) is 24.9 Å². The third kappa shape index (κ3) is 3.10. The van der Waals surface area contributed by atoms with Gasteiger partial charge < -0.3 is 10.6 Å². The van der Waals surface area contributed by atoms with Crippen molar-refractivity contribution in [3.05, 3.63) is 24.3 Å². The van der Waals surface area contributed by atoms with Crippen LogP contribution in [0.15, 0.2) is 29.3 Å². The Hall–Kier alpha value is -1.75. The molecule has 1 aliphatic rings. The SMILES string of the molecule is NC(=Nc1ccc(N2CCCCC2)cc1)NO. The second-order valence-corrected chi connectivity index (χ2v) is 4.17. The summed E-state index contributed by atoms with van der Waals surface area (Å²) in [5.74, 6) is -0.00396. The highest BCUT2D eigenvalue weighted by Crippen LogP contribution is 2.22. The number of rotatable bonds is 2. The molecule has 2 rings (SSSR count). The van der Waals surface area contributed by atoms with Crippen molar-refractivity contribution in [2.24, 2.45) is 10.7 Å². The summed E-state index contributed by atoms with van der Waals surface area (Å²) in [6, 6.07) is 7.87. The van der Waals surface area contributed by atoms with E-state index in [0.29, 0.717) is 0 Å². The maximum absolute atomic E-state index is 8.54. The van der Waals surface area contributed by atoms with Gasteiger partial charge in [0.1, 0.15) is 0 Å².